The number of aromatic amines is 1. The Morgan fingerprint density at radius 3 is 2.90 bits per heavy atom. The molecule has 7 nitrogen and oxygen atoms in total. The van der Waals surface area contributed by atoms with E-state index in [0.29, 0.717) is 5.82 Å². The van der Waals surface area contributed by atoms with Crippen LogP contribution in [0.2, 0.25) is 0 Å². The Labute approximate surface area is 116 Å². The molecular weight excluding hydrogens is 282 g/mol. The summed E-state index contributed by atoms with van der Waals surface area (Å²) in [5, 5.41) is 0. The van der Waals surface area contributed by atoms with Crippen LogP contribution in [-0.2, 0) is 21.3 Å². The van der Waals surface area contributed by atoms with Crippen molar-refractivity contribution in [1.82, 2.24) is 14.7 Å². The maximum atomic E-state index is 12.1. The van der Waals surface area contributed by atoms with Crippen LogP contribution in [-0.4, -0.2) is 31.5 Å². The molecule has 0 spiro atoms. The zero-order valence-corrected chi connectivity index (χ0v) is 11.5. The Hall–Kier alpha value is -2.19. The number of rotatable bonds is 5. The van der Waals surface area contributed by atoms with Crippen LogP contribution in [0.1, 0.15) is 16.2 Å². The van der Waals surface area contributed by atoms with E-state index in [0.717, 1.165) is 0 Å². The van der Waals surface area contributed by atoms with Crippen molar-refractivity contribution in [2.75, 3.05) is 7.11 Å². The zero-order chi connectivity index (χ0) is 14.6. The summed E-state index contributed by atoms with van der Waals surface area (Å²) in [7, 11) is -2.48. The molecule has 0 aliphatic rings. The molecule has 0 saturated heterocycles. The maximum absolute atomic E-state index is 12.1. The average molecular weight is 295 g/mol. The molecule has 0 aliphatic carbocycles. The second-order valence-electron chi connectivity index (χ2n) is 3.88. The molecule has 0 fully saturated rings. The summed E-state index contributed by atoms with van der Waals surface area (Å²) in [5.74, 6) is -0.0919. The molecule has 8 heteroatoms. The average Bonchev–Trinajstić information content (AvgIpc) is 2.98. The Bertz CT molecular complexity index is 695. The van der Waals surface area contributed by atoms with Gasteiger partial charge in [0.05, 0.1) is 24.1 Å². The monoisotopic (exact) mass is 295 g/mol. The van der Waals surface area contributed by atoms with E-state index in [1.165, 1.54) is 37.6 Å². The molecule has 0 bridgehead atoms. The molecule has 1 aromatic heterocycles. The third kappa shape index (κ3) is 3.22. The number of esters is 1. The van der Waals surface area contributed by atoms with Gasteiger partial charge in [0.2, 0.25) is 10.0 Å². The lowest BCUT2D eigenvalue weighted by Crippen LogP contribution is -2.24. The lowest BCUT2D eigenvalue weighted by molar-refractivity contribution is 0.0600. The van der Waals surface area contributed by atoms with Crippen molar-refractivity contribution >= 4 is 16.0 Å². The smallest absolute Gasteiger partial charge is 0.337 e. The molecule has 2 N–H and O–H groups in total. The molecule has 1 aromatic carbocycles. The molecule has 106 valence electrons. The lowest BCUT2D eigenvalue weighted by atomic mass is 10.2. The van der Waals surface area contributed by atoms with E-state index in [2.05, 4.69) is 19.4 Å². The topological polar surface area (TPSA) is 101 Å². The number of hydrogen-bond donors (Lipinski definition) is 2. The molecule has 0 saturated carbocycles. The van der Waals surface area contributed by atoms with E-state index in [1.807, 2.05) is 0 Å². The summed E-state index contributed by atoms with van der Waals surface area (Å²) in [4.78, 5) is 18.1. The number of sulfonamides is 1. The van der Waals surface area contributed by atoms with Gasteiger partial charge in [0.1, 0.15) is 5.82 Å². The first-order chi connectivity index (χ1) is 9.53. The minimum absolute atomic E-state index is 0.00745. The van der Waals surface area contributed by atoms with E-state index in [1.54, 1.807) is 6.20 Å². The number of nitrogens with zero attached hydrogens (tertiary/aromatic N) is 1. The van der Waals surface area contributed by atoms with Gasteiger partial charge in [-0.25, -0.2) is 22.9 Å². The predicted octanol–water partition coefficient (Wildman–Crippen LogP) is 0.675. The number of aromatic nitrogens is 2. The molecule has 2 rings (SSSR count). The first-order valence-electron chi connectivity index (χ1n) is 5.69. The highest BCUT2D eigenvalue weighted by Crippen LogP contribution is 2.12. The van der Waals surface area contributed by atoms with Gasteiger partial charge in [-0.3, -0.25) is 0 Å². The fraction of sp³-hybridized carbons (Fsp3) is 0.167. The third-order valence-corrected chi connectivity index (χ3v) is 3.95. The Morgan fingerprint density at radius 2 is 2.25 bits per heavy atom. The van der Waals surface area contributed by atoms with Crippen molar-refractivity contribution in [3.05, 3.63) is 48.0 Å². The van der Waals surface area contributed by atoms with Crippen molar-refractivity contribution in [2.45, 2.75) is 11.4 Å². The van der Waals surface area contributed by atoms with Crippen LogP contribution in [0.5, 0.6) is 0 Å². The zero-order valence-electron chi connectivity index (χ0n) is 10.7. The predicted molar refractivity (Wildman–Crippen MR) is 70.4 cm³/mol. The number of imidazole rings is 1. The molecular formula is C12H13N3O4S. The number of hydrogen-bond acceptors (Lipinski definition) is 5. The number of carbonyl (C=O) groups excluding carboxylic acids is 1. The van der Waals surface area contributed by atoms with Gasteiger partial charge >= 0.3 is 5.97 Å². The van der Waals surface area contributed by atoms with Crippen molar-refractivity contribution in [1.29, 1.82) is 0 Å². The van der Waals surface area contributed by atoms with Crippen LogP contribution in [0.3, 0.4) is 0 Å². The standard InChI is InChI=1S/C12H13N3O4S/c1-19-12(16)9-3-2-4-10(7-9)20(17,18)15-8-11-13-5-6-14-11/h2-7,15H,8H2,1H3,(H,13,14). The number of benzene rings is 1. The van der Waals surface area contributed by atoms with E-state index >= 15 is 0 Å². The third-order valence-electron chi connectivity index (χ3n) is 2.55. The Morgan fingerprint density at radius 1 is 1.45 bits per heavy atom. The number of methoxy groups -OCH3 is 1. The fourth-order valence-corrected chi connectivity index (χ4v) is 2.58. The molecule has 1 heterocycles. The molecule has 0 radical (unpaired) electrons. The fourth-order valence-electron chi connectivity index (χ4n) is 1.55. The minimum atomic E-state index is -3.72. The van der Waals surface area contributed by atoms with Gasteiger partial charge in [0.15, 0.2) is 0 Å². The highest BCUT2D eigenvalue weighted by Gasteiger charge is 2.16. The highest BCUT2D eigenvalue weighted by atomic mass is 32.2. The Balaban J connectivity index is 2.18. The number of carbonyl (C=O) groups is 1. The van der Waals surface area contributed by atoms with E-state index < -0.39 is 16.0 Å². The lowest BCUT2D eigenvalue weighted by Gasteiger charge is -2.06. The second-order valence-corrected chi connectivity index (χ2v) is 5.65. The van der Waals surface area contributed by atoms with Gasteiger partial charge in [-0.15, -0.1) is 0 Å². The van der Waals surface area contributed by atoms with E-state index in [-0.39, 0.29) is 17.0 Å². The van der Waals surface area contributed by atoms with Crippen molar-refractivity contribution in [3.63, 3.8) is 0 Å². The molecule has 20 heavy (non-hydrogen) atoms. The Kier molecular flexibility index (Phi) is 4.16. The summed E-state index contributed by atoms with van der Waals surface area (Å²) < 4.78 is 31.1. The molecule has 0 unspecified atom stereocenters. The van der Waals surface area contributed by atoms with E-state index in [4.69, 9.17) is 0 Å². The van der Waals surface area contributed by atoms with Crippen molar-refractivity contribution < 1.29 is 17.9 Å². The van der Waals surface area contributed by atoms with Crippen LogP contribution in [0.15, 0.2) is 41.6 Å². The van der Waals surface area contributed by atoms with Crippen LogP contribution in [0.25, 0.3) is 0 Å². The van der Waals surface area contributed by atoms with Crippen LogP contribution in [0.4, 0.5) is 0 Å². The van der Waals surface area contributed by atoms with Gasteiger partial charge in [-0.2, -0.15) is 0 Å². The number of ether oxygens (including phenoxy) is 1. The van der Waals surface area contributed by atoms with Gasteiger partial charge < -0.3 is 9.72 Å². The first-order valence-corrected chi connectivity index (χ1v) is 7.17. The van der Waals surface area contributed by atoms with Crippen molar-refractivity contribution in [3.8, 4) is 0 Å². The number of nitrogens with one attached hydrogen (secondary N) is 2. The van der Waals surface area contributed by atoms with Gasteiger partial charge in [-0.05, 0) is 18.2 Å². The van der Waals surface area contributed by atoms with Gasteiger partial charge in [0, 0.05) is 12.4 Å². The quantitative estimate of drug-likeness (QED) is 0.790. The first kappa shape index (κ1) is 14.2. The van der Waals surface area contributed by atoms with Crippen molar-refractivity contribution in [2.24, 2.45) is 0 Å². The van der Waals surface area contributed by atoms with Gasteiger partial charge in [0.25, 0.3) is 0 Å². The SMILES string of the molecule is COC(=O)c1cccc(S(=O)(=O)NCc2ncc[nH]2)c1. The van der Waals surface area contributed by atoms with Crippen LogP contribution < -0.4 is 4.72 Å². The minimum Gasteiger partial charge on any atom is -0.465 e. The largest absolute Gasteiger partial charge is 0.465 e. The normalized spacial score (nSPS) is 11.2. The van der Waals surface area contributed by atoms with E-state index in [9.17, 15) is 13.2 Å². The van der Waals surface area contributed by atoms with Gasteiger partial charge in [-0.1, -0.05) is 6.07 Å². The molecule has 0 atom stereocenters. The summed E-state index contributed by atoms with van der Waals surface area (Å²) in [6.45, 7) is 0.0395. The molecule has 2 aromatic rings. The summed E-state index contributed by atoms with van der Waals surface area (Å²) in [6, 6.07) is 5.62. The summed E-state index contributed by atoms with van der Waals surface area (Å²) in [6.07, 6.45) is 3.13. The molecule has 0 aliphatic heterocycles. The molecule has 0 amide bonds. The van der Waals surface area contributed by atoms with Crippen LogP contribution in [0, 0.1) is 0 Å². The number of H-pyrrole nitrogens is 1. The van der Waals surface area contributed by atoms with Crippen LogP contribution >= 0.6 is 0 Å². The summed E-state index contributed by atoms with van der Waals surface area (Å²) in [5.41, 5.74) is 0.174. The maximum Gasteiger partial charge on any atom is 0.337 e. The highest BCUT2D eigenvalue weighted by molar-refractivity contribution is 7.89. The second kappa shape index (κ2) is 5.85. The summed E-state index contributed by atoms with van der Waals surface area (Å²) >= 11 is 0.